The van der Waals surface area contributed by atoms with Crippen LogP contribution in [0.4, 0.5) is 0 Å². The molecule has 0 rings (SSSR count). The first-order chi connectivity index (χ1) is 26.7. The summed E-state index contributed by atoms with van der Waals surface area (Å²) < 4.78 is 33.1. The molecule has 0 amide bonds. The first kappa shape index (κ1) is 53.6. The van der Waals surface area contributed by atoms with Gasteiger partial charge in [-0.05, 0) is 25.3 Å². The minimum absolute atomic E-state index is 0.0610. The van der Waals surface area contributed by atoms with Crippen molar-refractivity contribution in [3.63, 3.8) is 0 Å². The zero-order chi connectivity index (χ0) is 40.5. The maximum Gasteiger partial charge on any atom is 0.472 e. The van der Waals surface area contributed by atoms with Gasteiger partial charge in [-0.25, -0.2) is 4.57 Å². The molecule has 10 nitrogen and oxygen atoms in total. The Morgan fingerprint density at radius 3 is 1.33 bits per heavy atom. The number of carboxylic acid groups (broad SMARTS) is 1. The predicted octanol–water partition coefficient (Wildman–Crippen LogP) is 12.9. The lowest BCUT2D eigenvalue weighted by molar-refractivity contribution is -0.153. The Balaban J connectivity index is 4.20. The molecule has 0 spiro atoms. The number of phosphoric acid groups is 1. The zero-order valence-corrected chi connectivity index (χ0v) is 36.4. The molecule has 0 aromatic heterocycles. The van der Waals surface area contributed by atoms with Gasteiger partial charge in [-0.15, -0.1) is 0 Å². The summed E-state index contributed by atoms with van der Waals surface area (Å²) in [5.74, 6) is -1.79. The van der Waals surface area contributed by atoms with E-state index in [0.717, 1.165) is 25.7 Å². The van der Waals surface area contributed by atoms with E-state index >= 15 is 0 Å². The van der Waals surface area contributed by atoms with E-state index in [2.05, 4.69) is 13.8 Å². The van der Waals surface area contributed by atoms with Gasteiger partial charge in [0.2, 0.25) is 0 Å². The molecule has 0 saturated carbocycles. The molecule has 55 heavy (non-hydrogen) atoms. The van der Waals surface area contributed by atoms with Crippen LogP contribution in [-0.4, -0.2) is 53.9 Å². The number of unbranched alkanes of at least 4 members (excludes halogenated alkanes) is 30. The molecule has 0 aliphatic heterocycles. The van der Waals surface area contributed by atoms with Crippen LogP contribution in [0.5, 0.6) is 0 Å². The molecule has 0 heterocycles. The smallest absolute Gasteiger partial charge is 0.472 e. The standard InChI is InChI=1S/C44H86NO9P/c1-3-5-7-9-11-13-15-17-19-20-21-22-23-24-26-28-30-32-34-36-43(46)54-41(39-52-55(49,50)53-40-42(45)44(47)48)38-51-37-35-33-31-29-27-25-18-16-14-12-10-8-6-4-2/h35,37,41-42H,3-34,36,38-40,45H2,1-2H3,(H,47,48)(H,49,50)/b37-35-/t41-,42+/m1/s1. The van der Waals surface area contributed by atoms with Crippen LogP contribution >= 0.6 is 7.82 Å². The third-order valence-electron chi connectivity index (χ3n) is 10.1. The molecule has 0 saturated heterocycles. The van der Waals surface area contributed by atoms with Gasteiger partial charge in [0.1, 0.15) is 12.6 Å². The number of carbonyl (C=O) groups excluding carboxylic acids is 1. The molecule has 1 unspecified atom stereocenters. The summed E-state index contributed by atoms with van der Waals surface area (Å²) in [5, 5.41) is 8.89. The molecule has 0 fully saturated rings. The van der Waals surface area contributed by atoms with Gasteiger partial charge in [0.15, 0.2) is 6.10 Å². The van der Waals surface area contributed by atoms with Gasteiger partial charge in [-0.2, -0.15) is 0 Å². The Morgan fingerprint density at radius 1 is 0.564 bits per heavy atom. The highest BCUT2D eigenvalue weighted by atomic mass is 31.2. The van der Waals surface area contributed by atoms with E-state index in [-0.39, 0.29) is 13.0 Å². The Bertz CT molecular complexity index is 935. The number of nitrogens with two attached hydrogens (primary N) is 1. The van der Waals surface area contributed by atoms with Gasteiger partial charge in [0, 0.05) is 6.42 Å². The van der Waals surface area contributed by atoms with Gasteiger partial charge in [-0.1, -0.05) is 200 Å². The van der Waals surface area contributed by atoms with Crippen molar-refractivity contribution < 1.29 is 42.7 Å². The minimum atomic E-state index is -4.63. The van der Waals surface area contributed by atoms with Gasteiger partial charge in [0.25, 0.3) is 0 Å². The fourth-order valence-corrected chi connectivity index (χ4v) is 7.35. The number of ether oxygens (including phenoxy) is 2. The number of hydrogen-bond donors (Lipinski definition) is 3. The monoisotopic (exact) mass is 804 g/mol. The summed E-state index contributed by atoms with van der Waals surface area (Å²) >= 11 is 0. The molecule has 0 aliphatic carbocycles. The van der Waals surface area contributed by atoms with Crippen LogP contribution in [0, 0.1) is 0 Å². The fraction of sp³-hybridized carbons (Fsp3) is 0.909. The summed E-state index contributed by atoms with van der Waals surface area (Å²) in [6, 6.07) is -1.48. The average Bonchev–Trinajstić information content (AvgIpc) is 3.16. The second-order valence-corrected chi connectivity index (χ2v) is 17.1. The van der Waals surface area contributed by atoms with Crippen molar-refractivity contribution in [1.29, 1.82) is 0 Å². The van der Waals surface area contributed by atoms with Crippen molar-refractivity contribution in [2.24, 2.45) is 5.73 Å². The quantitative estimate of drug-likeness (QED) is 0.0235. The number of hydrogen-bond acceptors (Lipinski definition) is 8. The molecule has 0 aliphatic rings. The molecule has 11 heteroatoms. The van der Waals surface area contributed by atoms with E-state index in [1.54, 1.807) is 6.26 Å². The van der Waals surface area contributed by atoms with Crippen molar-refractivity contribution in [3.8, 4) is 0 Å². The van der Waals surface area contributed by atoms with Gasteiger partial charge in [-0.3, -0.25) is 18.6 Å². The van der Waals surface area contributed by atoms with Crippen LogP contribution < -0.4 is 5.73 Å². The Kier molecular flexibility index (Phi) is 39.7. The van der Waals surface area contributed by atoms with Crippen molar-refractivity contribution in [3.05, 3.63) is 12.3 Å². The highest BCUT2D eigenvalue weighted by Crippen LogP contribution is 2.43. The largest absolute Gasteiger partial charge is 0.498 e. The van der Waals surface area contributed by atoms with E-state index in [0.29, 0.717) is 6.42 Å². The summed E-state index contributed by atoms with van der Waals surface area (Å²) in [5.41, 5.74) is 5.35. The molecule has 0 aromatic carbocycles. The molecule has 3 atom stereocenters. The van der Waals surface area contributed by atoms with Gasteiger partial charge < -0.3 is 25.2 Å². The minimum Gasteiger partial charge on any atom is -0.498 e. The molecule has 4 N–H and O–H groups in total. The molecular weight excluding hydrogens is 717 g/mol. The van der Waals surface area contributed by atoms with Crippen molar-refractivity contribution in [2.45, 2.75) is 238 Å². The van der Waals surface area contributed by atoms with Crippen LogP contribution in [0.15, 0.2) is 12.3 Å². The van der Waals surface area contributed by atoms with Crippen LogP contribution in [0.3, 0.4) is 0 Å². The zero-order valence-electron chi connectivity index (χ0n) is 35.5. The summed E-state index contributed by atoms with van der Waals surface area (Å²) in [6.07, 6.45) is 43.5. The number of allylic oxidation sites excluding steroid dienone is 1. The van der Waals surface area contributed by atoms with Crippen LogP contribution in [0.2, 0.25) is 0 Å². The molecule has 326 valence electrons. The second-order valence-electron chi connectivity index (χ2n) is 15.6. The number of aliphatic carboxylic acids is 1. The SMILES string of the molecule is CCCCCCCCCCCCCC/C=C\OC[C@H](COP(=O)(O)OC[C@H](N)C(=O)O)OC(=O)CCCCCCCCCCCCCCCCCCCCC. The van der Waals surface area contributed by atoms with E-state index in [9.17, 15) is 19.0 Å². The molecule has 0 radical (unpaired) electrons. The van der Waals surface area contributed by atoms with Crippen LogP contribution in [-0.2, 0) is 32.7 Å². The lowest BCUT2D eigenvalue weighted by Crippen LogP contribution is -2.34. The Hall–Kier alpha value is -1.45. The number of esters is 1. The van der Waals surface area contributed by atoms with E-state index in [4.69, 9.17) is 29.4 Å². The Labute approximate surface area is 337 Å². The van der Waals surface area contributed by atoms with Gasteiger partial charge >= 0.3 is 19.8 Å². The fourth-order valence-electron chi connectivity index (χ4n) is 6.57. The third kappa shape index (κ3) is 40.5. The van der Waals surface area contributed by atoms with Gasteiger partial charge in [0.05, 0.1) is 19.5 Å². The third-order valence-corrected chi connectivity index (χ3v) is 11.1. The first-order valence-corrected chi connectivity index (χ1v) is 24.3. The topological polar surface area (TPSA) is 155 Å². The van der Waals surface area contributed by atoms with Crippen molar-refractivity contribution in [2.75, 3.05) is 19.8 Å². The highest BCUT2D eigenvalue weighted by molar-refractivity contribution is 7.47. The van der Waals surface area contributed by atoms with E-state index in [1.165, 1.54) is 173 Å². The summed E-state index contributed by atoms with van der Waals surface area (Å²) in [7, 11) is -4.63. The van der Waals surface area contributed by atoms with E-state index in [1.807, 2.05) is 6.08 Å². The van der Waals surface area contributed by atoms with Crippen LogP contribution in [0.1, 0.15) is 226 Å². The van der Waals surface area contributed by atoms with Crippen molar-refractivity contribution in [1.82, 2.24) is 0 Å². The normalized spacial score (nSPS) is 13.9. The lowest BCUT2D eigenvalue weighted by Gasteiger charge is -2.20. The number of rotatable bonds is 44. The Morgan fingerprint density at radius 2 is 0.927 bits per heavy atom. The number of carbonyl (C=O) groups is 2. The molecule has 0 bridgehead atoms. The predicted molar refractivity (Wildman–Crippen MR) is 226 cm³/mol. The number of phosphoric ester groups is 1. The molecular formula is C44H86NO9P. The van der Waals surface area contributed by atoms with E-state index < -0.39 is 45.1 Å². The summed E-state index contributed by atoms with van der Waals surface area (Å²) in [6.45, 7) is 3.31. The van der Waals surface area contributed by atoms with Crippen molar-refractivity contribution >= 4 is 19.8 Å². The maximum absolute atomic E-state index is 12.6. The first-order valence-electron chi connectivity index (χ1n) is 22.8. The summed E-state index contributed by atoms with van der Waals surface area (Å²) in [4.78, 5) is 33.5. The molecule has 0 aromatic rings. The lowest BCUT2D eigenvalue weighted by atomic mass is 10.0. The second kappa shape index (κ2) is 40.7. The van der Waals surface area contributed by atoms with Crippen LogP contribution in [0.25, 0.3) is 0 Å². The highest BCUT2D eigenvalue weighted by Gasteiger charge is 2.27. The average molecular weight is 804 g/mol. The maximum atomic E-state index is 12.6. The number of carboxylic acids is 1.